The molecule has 1 fully saturated rings. The van der Waals surface area contributed by atoms with Crippen molar-refractivity contribution >= 4 is 47.3 Å². The second kappa shape index (κ2) is 14.5. The van der Waals surface area contributed by atoms with E-state index >= 15 is 0 Å². The van der Waals surface area contributed by atoms with Gasteiger partial charge < -0.3 is 26.0 Å². The normalized spacial score (nSPS) is 16.9. The third kappa shape index (κ3) is 7.92. The average molecular weight is 618 g/mol. The van der Waals surface area contributed by atoms with E-state index in [0.29, 0.717) is 23.7 Å². The lowest BCUT2D eigenvalue weighted by atomic mass is 9.76. The average Bonchev–Trinajstić information content (AvgIpc) is 3.20. The van der Waals surface area contributed by atoms with Gasteiger partial charge in [-0.3, -0.25) is 14.4 Å². The Balaban J connectivity index is 0.00000484. The number of ether oxygens (including phenoxy) is 1. The third-order valence-corrected chi connectivity index (χ3v) is 8.18. The molecule has 0 aromatic heterocycles. The minimum atomic E-state index is -1.17. The fourth-order valence-electron chi connectivity index (χ4n) is 5.61. The topological polar surface area (TPSA) is 114 Å². The summed E-state index contributed by atoms with van der Waals surface area (Å²) in [5, 5.41) is 6.69. The van der Waals surface area contributed by atoms with Crippen LogP contribution in [-0.2, 0) is 25.7 Å². The summed E-state index contributed by atoms with van der Waals surface area (Å²) in [5.74, 6) is -0.863. The lowest BCUT2D eigenvalue weighted by molar-refractivity contribution is -0.139. The predicted molar refractivity (Wildman–Crippen MR) is 168 cm³/mol. The first-order chi connectivity index (χ1) is 19.5. The fourth-order valence-corrected chi connectivity index (χ4v) is 5.74. The van der Waals surface area contributed by atoms with Crippen LogP contribution in [0.3, 0.4) is 0 Å². The Labute approximate surface area is 259 Å². The molecule has 2 aromatic carbocycles. The molecule has 1 aliphatic heterocycles. The van der Waals surface area contributed by atoms with Gasteiger partial charge in [-0.2, -0.15) is 0 Å². The summed E-state index contributed by atoms with van der Waals surface area (Å²) in [6, 6.07) is 15.9. The number of nitrogens with two attached hydrogens (primary N) is 1. The largest absolute Gasteiger partial charge is 0.374 e. The number of carbonyl (C=O) groups is 3. The molecule has 1 heterocycles. The Morgan fingerprint density at radius 1 is 1.10 bits per heavy atom. The summed E-state index contributed by atoms with van der Waals surface area (Å²) in [7, 11) is 0. The summed E-state index contributed by atoms with van der Waals surface area (Å²) in [5.41, 5.74) is 7.62. The number of amides is 3. The van der Waals surface area contributed by atoms with Gasteiger partial charge >= 0.3 is 0 Å². The summed E-state index contributed by atoms with van der Waals surface area (Å²) in [4.78, 5) is 42.1. The van der Waals surface area contributed by atoms with Crippen molar-refractivity contribution in [1.82, 2.24) is 15.5 Å². The zero-order chi connectivity index (χ0) is 29.6. The molecule has 2 aliphatic rings. The van der Waals surface area contributed by atoms with E-state index in [-0.39, 0.29) is 37.4 Å². The Kier molecular flexibility index (Phi) is 11.6. The van der Waals surface area contributed by atoms with Gasteiger partial charge in [-0.05, 0) is 62.4 Å². The zero-order valence-corrected chi connectivity index (χ0v) is 26.2. The number of nitrogens with zero attached hydrogens (tertiary/aromatic N) is 1. The second-order valence-corrected chi connectivity index (χ2v) is 12.0. The Morgan fingerprint density at radius 2 is 1.74 bits per heavy atom. The van der Waals surface area contributed by atoms with Crippen molar-refractivity contribution in [3.63, 3.8) is 0 Å². The lowest BCUT2D eigenvalue weighted by Crippen LogP contribution is -2.58. The summed E-state index contributed by atoms with van der Waals surface area (Å²) < 4.78 is 5.92. The van der Waals surface area contributed by atoms with Crippen LogP contribution >= 0.6 is 24.0 Å². The molecule has 1 saturated carbocycles. The first-order valence-corrected chi connectivity index (χ1v) is 14.7. The highest BCUT2D eigenvalue weighted by molar-refractivity contribution is 6.31. The number of likely N-dealkylation sites (N-methyl/N-ethyl adjacent to an activating group) is 1. The van der Waals surface area contributed by atoms with Gasteiger partial charge in [0.2, 0.25) is 11.8 Å². The third-order valence-electron chi connectivity index (χ3n) is 7.93. The monoisotopic (exact) mass is 616 g/mol. The van der Waals surface area contributed by atoms with Gasteiger partial charge in [0.1, 0.15) is 6.04 Å². The van der Waals surface area contributed by atoms with Gasteiger partial charge in [-0.1, -0.05) is 73.3 Å². The zero-order valence-electron chi connectivity index (χ0n) is 24.6. The van der Waals surface area contributed by atoms with Crippen molar-refractivity contribution < 1.29 is 19.1 Å². The smallest absolute Gasteiger partial charge is 0.252 e. The van der Waals surface area contributed by atoms with Gasteiger partial charge in [0.05, 0.1) is 24.3 Å². The molecule has 1 atom stereocenters. The number of hydrogen-bond acceptors (Lipinski definition) is 5. The predicted octanol–water partition coefficient (Wildman–Crippen LogP) is 4.64. The van der Waals surface area contributed by atoms with Gasteiger partial charge in [0.25, 0.3) is 5.91 Å². The van der Waals surface area contributed by atoms with Crippen molar-refractivity contribution in [2.45, 2.75) is 76.6 Å². The van der Waals surface area contributed by atoms with Crippen LogP contribution in [0.4, 0.5) is 0 Å². The van der Waals surface area contributed by atoms with Crippen LogP contribution in [0.5, 0.6) is 0 Å². The fraction of sp³-hybridized carbons (Fsp3) is 0.469. The summed E-state index contributed by atoms with van der Waals surface area (Å²) in [6.07, 6.45) is 4.74. The number of halogens is 2. The highest BCUT2D eigenvalue weighted by Crippen LogP contribution is 2.43. The molecule has 0 bridgehead atoms. The second-order valence-electron chi connectivity index (χ2n) is 11.6. The van der Waals surface area contributed by atoms with Gasteiger partial charge in [-0.25, -0.2) is 0 Å². The van der Waals surface area contributed by atoms with Crippen LogP contribution in [-0.4, -0.2) is 59.4 Å². The maximum Gasteiger partial charge on any atom is 0.252 e. The maximum absolute atomic E-state index is 14.1. The molecule has 42 heavy (non-hydrogen) atoms. The molecule has 0 unspecified atom stereocenters. The maximum atomic E-state index is 14.1. The Morgan fingerprint density at radius 3 is 2.33 bits per heavy atom. The lowest BCUT2D eigenvalue weighted by Gasteiger charge is -2.38. The standard InChI is InChI=1S/C32H41ClN4O4.ClH/c1-4-37(29(39)26(35-30(40)31(2,3)34)21-41-20-22-11-7-5-8-12-22)19-25-27(23-13-15-24(33)16-14-23)28(38)36-32(25)17-9-6-10-18-32;/h5,7-8,11-16,26H,4,6,9-10,17-21,34H2,1-3H3,(H,35,40)(H,36,38);1H/t26-;/m1./s1. The molecule has 4 N–H and O–H groups in total. The molecule has 2 aromatic rings. The molecule has 1 spiro atoms. The van der Waals surface area contributed by atoms with Gasteiger partial charge in [0.15, 0.2) is 0 Å². The van der Waals surface area contributed by atoms with E-state index in [1.807, 2.05) is 49.4 Å². The van der Waals surface area contributed by atoms with Crippen LogP contribution in [0.2, 0.25) is 5.02 Å². The molecular formula is C32H42Cl2N4O4. The molecular weight excluding hydrogens is 575 g/mol. The van der Waals surface area contributed by atoms with E-state index in [4.69, 9.17) is 22.1 Å². The molecule has 1 aliphatic carbocycles. The number of nitrogens with one attached hydrogen (secondary N) is 2. The van der Waals surface area contributed by atoms with Crippen molar-refractivity contribution in [3.05, 3.63) is 76.3 Å². The number of rotatable bonds is 11. The Bertz CT molecular complexity index is 1270. The summed E-state index contributed by atoms with van der Waals surface area (Å²) in [6.45, 7) is 6.01. The van der Waals surface area contributed by atoms with E-state index in [2.05, 4.69) is 10.6 Å². The number of benzene rings is 2. The SMILES string of the molecule is CCN(CC1=C(c2ccc(Cl)cc2)C(=O)NC12CCCCC2)C(=O)[C@@H](COCc1ccccc1)NC(=O)C(C)(C)N.Cl. The number of carbonyl (C=O) groups excluding carboxylic acids is 3. The van der Waals surface area contributed by atoms with Crippen LogP contribution in [0, 0.1) is 0 Å². The Hall–Kier alpha value is -2.91. The van der Waals surface area contributed by atoms with Gasteiger partial charge in [0, 0.05) is 23.7 Å². The highest BCUT2D eigenvalue weighted by Gasteiger charge is 2.46. The van der Waals surface area contributed by atoms with Crippen LogP contribution in [0.1, 0.15) is 64.0 Å². The summed E-state index contributed by atoms with van der Waals surface area (Å²) >= 11 is 6.15. The van der Waals surface area contributed by atoms with Crippen LogP contribution in [0.25, 0.3) is 5.57 Å². The van der Waals surface area contributed by atoms with E-state index in [1.165, 1.54) is 0 Å². The van der Waals surface area contributed by atoms with Crippen molar-refractivity contribution in [2.75, 3.05) is 19.7 Å². The van der Waals surface area contributed by atoms with Crippen molar-refractivity contribution in [1.29, 1.82) is 0 Å². The molecule has 0 radical (unpaired) electrons. The quantitative estimate of drug-likeness (QED) is 0.340. The minimum absolute atomic E-state index is 0. The minimum Gasteiger partial charge on any atom is -0.374 e. The van der Waals surface area contributed by atoms with E-state index in [0.717, 1.165) is 48.8 Å². The molecule has 3 amide bonds. The van der Waals surface area contributed by atoms with Crippen molar-refractivity contribution in [3.8, 4) is 0 Å². The van der Waals surface area contributed by atoms with Crippen LogP contribution < -0.4 is 16.4 Å². The molecule has 4 rings (SSSR count). The van der Waals surface area contributed by atoms with E-state index in [9.17, 15) is 14.4 Å². The van der Waals surface area contributed by atoms with Gasteiger partial charge in [-0.15, -0.1) is 12.4 Å². The first-order valence-electron chi connectivity index (χ1n) is 14.4. The van der Waals surface area contributed by atoms with Crippen LogP contribution in [0.15, 0.2) is 60.2 Å². The number of hydrogen-bond donors (Lipinski definition) is 3. The highest BCUT2D eigenvalue weighted by atomic mass is 35.5. The molecule has 8 nitrogen and oxygen atoms in total. The molecule has 228 valence electrons. The van der Waals surface area contributed by atoms with Crippen molar-refractivity contribution in [2.24, 2.45) is 5.73 Å². The van der Waals surface area contributed by atoms with E-state index in [1.54, 1.807) is 30.9 Å². The first kappa shape index (κ1) is 33.6. The van der Waals surface area contributed by atoms with E-state index < -0.39 is 23.0 Å². The molecule has 0 saturated heterocycles. The molecule has 10 heteroatoms.